The number of hydrogen-bond acceptors (Lipinski definition) is 3. The van der Waals surface area contributed by atoms with Gasteiger partial charge in [-0.15, -0.1) is 0 Å². The SMILES string of the molecule is COc1cccc(CC(=O)NCCN2CC(C)CC(C)C2)c1. The molecular formula is C18H28N2O2. The Balaban J connectivity index is 1.71. The lowest BCUT2D eigenvalue weighted by Crippen LogP contribution is -2.43. The molecule has 0 saturated carbocycles. The third-order valence-electron chi connectivity index (χ3n) is 4.19. The Morgan fingerprint density at radius 2 is 2.05 bits per heavy atom. The van der Waals surface area contributed by atoms with Crippen molar-refractivity contribution in [1.29, 1.82) is 0 Å². The first-order chi connectivity index (χ1) is 10.6. The first-order valence-electron chi connectivity index (χ1n) is 8.18. The smallest absolute Gasteiger partial charge is 0.224 e. The van der Waals surface area contributed by atoms with E-state index < -0.39 is 0 Å². The maximum Gasteiger partial charge on any atom is 0.224 e. The average molecular weight is 304 g/mol. The summed E-state index contributed by atoms with van der Waals surface area (Å²) >= 11 is 0. The van der Waals surface area contributed by atoms with Gasteiger partial charge in [0.15, 0.2) is 0 Å². The molecule has 1 saturated heterocycles. The number of hydrogen-bond donors (Lipinski definition) is 1. The van der Waals surface area contributed by atoms with Gasteiger partial charge in [0.1, 0.15) is 5.75 Å². The molecule has 122 valence electrons. The number of rotatable bonds is 6. The molecule has 1 heterocycles. The van der Waals surface area contributed by atoms with E-state index in [1.165, 1.54) is 6.42 Å². The van der Waals surface area contributed by atoms with E-state index >= 15 is 0 Å². The van der Waals surface area contributed by atoms with Crippen LogP contribution in [0.25, 0.3) is 0 Å². The number of ether oxygens (including phenoxy) is 1. The van der Waals surface area contributed by atoms with Crippen LogP contribution in [-0.4, -0.2) is 44.1 Å². The Morgan fingerprint density at radius 3 is 2.73 bits per heavy atom. The predicted molar refractivity (Wildman–Crippen MR) is 89.1 cm³/mol. The Morgan fingerprint density at radius 1 is 1.32 bits per heavy atom. The fraction of sp³-hybridized carbons (Fsp3) is 0.611. The van der Waals surface area contributed by atoms with Gasteiger partial charge in [0.05, 0.1) is 13.5 Å². The minimum Gasteiger partial charge on any atom is -0.497 e. The summed E-state index contributed by atoms with van der Waals surface area (Å²) in [6.07, 6.45) is 1.72. The average Bonchev–Trinajstić information content (AvgIpc) is 2.46. The highest BCUT2D eigenvalue weighted by atomic mass is 16.5. The molecule has 0 bridgehead atoms. The molecule has 0 aromatic heterocycles. The van der Waals surface area contributed by atoms with E-state index in [1.807, 2.05) is 24.3 Å². The van der Waals surface area contributed by atoms with Crippen molar-refractivity contribution in [2.45, 2.75) is 26.7 Å². The zero-order chi connectivity index (χ0) is 15.9. The number of benzene rings is 1. The van der Waals surface area contributed by atoms with Crippen LogP contribution in [0.1, 0.15) is 25.8 Å². The second-order valence-electron chi connectivity index (χ2n) is 6.58. The van der Waals surface area contributed by atoms with Crippen LogP contribution in [-0.2, 0) is 11.2 Å². The fourth-order valence-electron chi connectivity index (χ4n) is 3.36. The molecule has 4 nitrogen and oxygen atoms in total. The molecule has 1 N–H and O–H groups in total. The van der Waals surface area contributed by atoms with Crippen molar-refractivity contribution in [1.82, 2.24) is 10.2 Å². The molecule has 0 spiro atoms. The minimum atomic E-state index is 0.0753. The summed E-state index contributed by atoms with van der Waals surface area (Å²) < 4.78 is 5.18. The van der Waals surface area contributed by atoms with Crippen LogP contribution in [0.15, 0.2) is 24.3 Å². The van der Waals surface area contributed by atoms with Crippen LogP contribution in [0, 0.1) is 11.8 Å². The molecular weight excluding hydrogens is 276 g/mol. The van der Waals surface area contributed by atoms with Crippen molar-refractivity contribution < 1.29 is 9.53 Å². The second kappa shape index (κ2) is 8.18. The highest BCUT2D eigenvalue weighted by molar-refractivity contribution is 5.78. The van der Waals surface area contributed by atoms with E-state index in [1.54, 1.807) is 7.11 Å². The molecule has 22 heavy (non-hydrogen) atoms. The Bertz CT molecular complexity index is 480. The number of methoxy groups -OCH3 is 1. The third-order valence-corrected chi connectivity index (χ3v) is 4.19. The maximum atomic E-state index is 12.0. The van der Waals surface area contributed by atoms with Crippen molar-refractivity contribution in [3.05, 3.63) is 29.8 Å². The highest BCUT2D eigenvalue weighted by Crippen LogP contribution is 2.20. The molecule has 2 atom stereocenters. The first kappa shape index (κ1) is 16.8. The molecule has 1 aromatic carbocycles. The largest absolute Gasteiger partial charge is 0.497 e. The van der Waals surface area contributed by atoms with Crippen molar-refractivity contribution in [2.75, 3.05) is 33.3 Å². The molecule has 1 fully saturated rings. The van der Waals surface area contributed by atoms with E-state index in [-0.39, 0.29) is 5.91 Å². The minimum absolute atomic E-state index is 0.0753. The van der Waals surface area contributed by atoms with Gasteiger partial charge in [-0.3, -0.25) is 4.79 Å². The quantitative estimate of drug-likeness (QED) is 0.877. The summed E-state index contributed by atoms with van der Waals surface area (Å²) in [6.45, 7) is 8.58. The summed E-state index contributed by atoms with van der Waals surface area (Å²) in [4.78, 5) is 14.5. The van der Waals surface area contributed by atoms with Crippen molar-refractivity contribution in [3.63, 3.8) is 0 Å². The van der Waals surface area contributed by atoms with Gasteiger partial charge in [-0.25, -0.2) is 0 Å². The number of piperidine rings is 1. The molecule has 1 aliphatic rings. The molecule has 0 aliphatic carbocycles. The second-order valence-corrected chi connectivity index (χ2v) is 6.58. The van der Waals surface area contributed by atoms with Crippen LogP contribution in [0.4, 0.5) is 0 Å². The lowest BCUT2D eigenvalue weighted by Gasteiger charge is -2.34. The number of amides is 1. The Kier molecular flexibility index (Phi) is 6.25. The van der Waals surface area contributed by atoms with Gasteiger partial charge in [0.25, 0.3) is 0 Å². The van der Waals surface area contributed by atoms with Gasteiger partial charge >= 0.3 is 0 Å². The van der Waals surface area contributed by atoms with E-state index in [9.17, 15) is 4.79 Å². The standard InChI is InChI=1S/C18H28N2O2/c1-14-9-15(2)13-20(12-14)8-7-19-18(21)11-16-5-4-6-17(10-16)22-3/h4-6,10,14-15H,7-9,11-13H2,1-3H3,(H,19,21). The lowest BCUT2D eigenvalue weighted by atomic mass is 9.92. The van der Waals surface area contributed by atoms with E-state index in [0.29, 0.717) is 6.42 Å². The molecule has 4 heteroatoms. The van der Waals surface area contributed by atoms with E-state index in [4.69, 9.17) is 4.74 Å². The zero-order valence-corrected chi connectivity index (χ0v) is 14.0. The zero-order valence-electron chi connectivity index (χ0n) is 14.0. The van der Waals surface area contributed by atoms with Crippen molar-refractivity contribution in [3.8, 4) is 5.75 Å². The third kappa shape index (κ3) is 5.34. The lowest BCUT2D eigenvalue weighted by molar-refractivity contribution is -0.120. The molecule has 2 rings (SSSR count). The number of nitrogens with one attached hydrogen (secondary N) is 1. The summed E-state index contributed by atoms with van der Waals surface area (Å²) in [5.41, 5.74) is 0.983. The van der Waals surface area contributed by atoms with Crippen molar-refractivity contribution in [2.24, 2.45) is 11.8 Å². The summed E-state index contributed by atoms with van der Waals surface area (Å²) in [7, 11) is 1.64. The Hall–Kier alpha value is -1.55. The summed E-state index contributed by atoms with van der Waals surface area (Å²) in [5.74, 6) is 2.39. The number of carbonyl (C=O) groups is 1. The van der Waals surface area contributed by atoms with Gasteiger partial charge in [0.2, 0.25) is 5.91 Å². The van der Waals surface area contributed by atoms with Crippen LogP contribution in [0.3, 0.4) is 0 Å². The summed E-state index contributed by atoms with van der Waals surface area (Å²) in [5, 5.41) is 3.02. The van der Waals surface area contributed by atoms with Gasteiger partial charge in [-0.1, -0.05) is 26.0 Å². The molecule has 1 aliphatic heterocycles. The van der Waals surface area contributed by atoms with Crippen LogP contribution in [0.5, 0.6) is 5.75 Å². The summed E-state index contributed by atoms with van der Waals surface area (Å²) in [6, 6.07) is 7.67. The molecule has 2 unspecified atom stereocenters. The van der Waals surface area contributed by atoms with Gasteiger partial charge in [-0.2, -0.15) is 0 Å². The van der Waals surface area contributed by atoms with Gasteiger partial charge < -0.3 is 15.0 Å². The predicted octanol–water partition coefficient (Wildman–Crippen LogP) is 2.33. The first-order valence-corrected chi connectivity index (χ1v) is 8.18. The monoisotopic (exact) mass is 304 g/mol. The number of carbonyl (C=O) groups excluding carboxylic acids is 1. The van der Waals surface area contributed by atoms with Crippen LogP contribution in [0.2, 0.25) is 0 Å². The molecule has 0 radical (unpaired) electrons. The number of likely N-dealkylation sites (tertiary alicyclic amines) is 1. The van der Waals surface area contributed by atoms with Gasteiger partial charge in [-0.05, 0) is 36.0 Å². The number of nitrogens with zero attached hydrogens (tertiary/aromatic N) is 1. The normalized spacial score (nSPS) is 22.3. The highest BCUT2D eigenvalue weighted by Gasteiger charge is 2.21. The topological polar surface area (TPSA) is 41.6 Å². The van der Waals surface area contributed by atoms with Crippen LogP contribution < -0.4 is 10.1 Å². The molecule has 1 amide bonds. The van der Waals surface area contributed by atoms with Gasteiger partial charge in [0, 0.05) is 26.2 Å². The fourth-order valence-corrected chi connectivity index (χ4v) is 3.36. The van der Waals surface area contributed by atoms with E-state index in [2.05, 4.69) is 24.1 Å². The molecule has 1 aromatic rings. The van der Waals surface area contributed by atoms with E-state index in [0.717, 1.165) is 49.3 Å². The van der Waals surface area contributed by atoms with Crippen LogP contribution >= 0.6 is 0 Å². The van der Waals surface area contributed by atoms with Crippen molar-refractivity contribution >= 4 is 5.91 Å². The Labute approximate surface area is 133 Å². The maximum absolute atomic E-state index is 12.0.